The van der Waals surface area contributed by atoms with Gasteiger partial charge in [0.05, 0.1) is 12.3 Å². The van der Waals surface area contributed by atoms with Crippen molar-refractivity contribution in [2.75, 3.05) is 13.2 Å². The summed E-state index contributed by atoms with van der Waals surface area (Å²) in [7, 11) is 0. The van der Waals surface area contributed by atoms with E-state index < -0.39 is 5.97 Å². The van der Waals surface area contributed by atoms with E-state index in [9.17, 15) is 9.59 Å². The number of hydrogen-bond acceptors (Lipinski definition) is 6. The van der Waals surface area contributed by atoms with Gasteiger partial charge in [0, 0.05) is 11.4 Å². The average Bonchev–Trinajstić information content (AvgIpc) is 2.73. The van der Waals surface area contributed by atoms with Crippen LogP contribution in [0.1, 0.15) is 77.0 Å². The van der Waals surface area contributed by atoms with Crippen molar-refractivity contribution in [3.63, 3.8) is 0 Å². The summed E-state index contributed by atoms with van der Waals surface area (Å²) in [6.45, 7) is 0.123. The highest BCUT2D eigenvalue weighted by Crippen LogP contribution is 2.17. The van der Waals surface area contributed by atoms with Crippen LogP contribution in [0.25, 0.3) is 0 Å². The molecule has 1 saturated heterocycles. The zero-order valence-corrected chi connectivity index (χ0v) is 18.3. The van der Waals surface area contributed by atoms with Gasteiger partial charge in [0.25, 0.3) is 0 Å². The fourth-order valence-corrected chi connectivity index (χ4v) is 3.43. The number of hydrogen-bond donors (Lipinski definition) is 0. The first-order valence-corrected chi connectivity index (χ1v) is 11.3. The molecule has 2 rings (SSSR count). The molecule has 0 radical (unpaired) electrons. The van der Waals surface area contributed by atoms with Crippen molar-refractivity contribution in [1.82, 2.24) is 0 Å². The van der Waals surface area contributed by atoms with Gasteiger partial charge in [-0.25, -0.2) is 4.79 Å². The minimum absolute atomic E-state index is 0.134. The summed E-state index contributed by atoms with van der Waals surface area (Å²) in [4.78, 5) is 28.7. The second-order valence-electron chi connectivity index (χ2n) is 7.52. The molecule has 0 atom stereocenters. The lowest BCUT2D eigenvalue weighted by atomic mass is 10.0. The van der Waals surface area contributed by atoms with Gasteiger partial charge in [-0.1, -0.05) is 61.3 Å². The lowest BCUT2D eigenvalue weighted by Crippen LogP contribution is -2.14. The number of carbonyl (C=O) groups is 2. The number of benzene rings is 1. The van der Waals surface area contributed by atoms with E-state index in [4.69, 9.17) is 25.9 Å². The van der Waals surface area contributed by atoms with Crippen LogP contribution in [0.5, 0.6) is 5.75 Å². The number of cyclic esters (lactones) is 1. The van der Waals surface area contributed by atoms with Crippen molar-refractivity contribution in [2.45, 2.75) is 77.0 Å². The molecule has 30 heavy (non-hydrogen) atoms. The van der Waals surface area contributed by atoms with E-state index in [2.05, 4.69) is 5.16 Å². The van der Waals surface area contributed by atoms with Crippen LogP contribution in [0.15, 0.2) is 29.4 Å². The molecule has 0 amide bonds. The van der Waals surface area contributed by atoms with E-state index >= 15 is 0 Å². The van der Waals surface area contributed by atoms with Crippen LogP contribution in [0.4, 0.5) is 0 Å². The van der Waals surface area contributed by atoms with E-state index in [1.54, 1.807) is 24.3 Å². The summed E-state index contributed by atoms with van der Waals surface area (Å²) in [6.07, 6.45) is 11.5. The van der Waals surface area contributed by atoms with Gasteiger partial charge >= 0.3 is 11.9 Å². The van der Waals surface area contributed by atoms with Crippen LogP contribution in [-0.4, -0.2) is 30.9 Å². The maximum atomic E-state index is 12.0. The molecule has 0 spiro atoms. The van der Waals surface area contributed by atoms with Crippen LogP contribution in [0.2, 0.25) is 5.02 Å². The molecule has 0 aromatic heterocycles. The molecule has 1 aromatic rings. The van der Waals surface area contributed by atoms with Gasteiger partial charge in [-0.05, 0) is 50.3 Å². The Morgan fingerprint density at radius 3 is 2.37 bits per heavy atom. The second-order valence-corrected chi connectivity index (χ2v) is 7.96. The van der Waals surface area contributed by atoms with Crippen molar-refractivity contribution in [2.24, 2.45) is 5.16 Å². The van der Waals surface area contributed by atoms with Crippen LogP contribution >= 0.6 is 11.6 Å². The monoisotopic (exact) mass is 437 g/mol. The van der Waals surface area contributed by atoms with Gasteiger partial charge in [0.15, 0.2) is 6.61 Å². The number of ether oxygens (including phenoxy) is 2. The molecule has 0 saturated carbocycles. The molecule has 1 aromatic carbocycles. The van der Waals surface area contributed by atoms with E-state index in [1.165, 1.54) is 25.7 Å². The van der Waals surface area contributed by atoms with Crippen LogP contribution in [0, 0.1) is 0 Å². The number of rotatable bonds is 4. The number of esters is 1. The molecular weight excluding hydrogens is 406 g/mol. The third-order valence-corrected chi connectivity index (χ3v) is 5.13. The van der Waals surface area contributed by atoms with Crippen LogP contribution in [0.3, 0.4) is 0 Å². The summed E-state index contributed by atoms with van der Waals surface area (Å²) in [5.74, 6) is -0.204. The molecular formula is C23H32ClNO5. The molecule has 0 aliphatic carbocycles. The number of nitrogens with zero attached hydrogens (tertiary/aromatic N) is 1. The average molecular weight is 438 g/mol. The van der Waals surface area contributed by atoms with Crippen LogP contribution < -0.4 is 4.74 Å². The first-order chi connectivity index (χ1) is 14.6. The van der Waals surface area contributed by atoms with Crippen molar-refractivity contribution < 1.29 is 23.9 Å². The molecule has 166 valence electrons. The Kier molecular flexibility index (Phi) is 12.0. The first-order valence-electron chi connectivity index (χ1n) is 10.9. The third-order valence-electron chi connectivity index (χ3n) is 4.90. The highest BCUT2D eigenvalue weighted by Gasteiger charge is 2.09. The maximum absolute atomic E-state index is 12.0. The van der Waals surface area contributed by atoms with E-state index in [0.29, 0.717) is 36.6 Å². The van der Waals surface area contributed by atoms with E-state index in [-0.39, 0.29) is 12.6 Å². The molecule has 1 aliphatic heterocycles. The first kappa shape index (κ1) is 24.2. The zero-order chi connectivity index (χ0) is 21.4. The van der Waals surface area contributed by atoms with Crippen molar-refractivity contribution in [1.29, 1.82) is 0 Å². The maximum Gasteiger partial charge on any atom is 0.372 e. The Morgan fingerprint density at radius 1 is 0.967 bits per heavy atom. The van der Waals surface area contributed by atoms with Crippen molar-refractivity contribution in [3.8, 4) is 5.75 Å². The Labute approximate surface area is 183 Å². The summed E-state index contributed by atoms with van der Waals surface area (Å²) >= 11 is 5.89. The summed E-state index contributed by atoms with van der Waals surface area (Å²) in [5.41, 5.74) is 0.814. The topological polar surface area (TPSA) is 74.2 Å². The molecule has 1 aliphatic rings. The lowest BCUT2D eigenvalue weighted by Gasteiger charge is -2.09. The van der Waals surface area contributed by atoms with Gasteiger partial charge in [-0.15, -0.1) is 0 Å². The van der Waals surface area contributed by atoms with Gasteiger partial charge in [0.2, 0.25) is 0 Å². The Bertz CT molecular complexity index is 692. The Hall–Kier alpha value is -2.08. The Balaban J connectivity index is 1.80. The van der Waals surface area contributed by atoms with E-state index in [0.717, 1.165) is 37.8 Å². The number of oxime groups is 1. The predicted molar refractivity (Wildman–Crippen MR) is 117 cm³/mol. The fraction of sp³-hybridized carbons (Fsp3) is 0.609. The third kappa shape index (κ3) is 11.2. The fourth-order valence-electron chi connectivity index (χ4n) is 3.25. The molecule has 7 heteroatoms. The van der Waals surface area contributed by atoms with E-state index in [1.807, 2.05) is 0 Å². The molecule has 1 heterocycles. The minimum Gasteiger partial charge on any atom is -0.482 e. The van der Waals surface area contributed by atoms with Crippen molar-refractivity contribution >= 4 is 29.3 Å². The van der Waals surface area contributed by atoms with Gasteiger partial charge in [-0.3, -0.25) is 4.79 Å². The van der Waals surface area contributed by atoms with Gasteiger partial charge < -0.3 is 14.3 Å². The predicted octanol–water partition coefficient (Wildman–Crippen LogP) is 5.86. The van der Waals surface area contributed by atoms with Crippen molar-refractivity contribution in [3.05, 3.63) is 29.3 Å². The molecule has 6 nitrogen and oxygen atoms in total. The van der Waals surface area contributed by atoms with Gasteiger partial charge in [-0.2, -0.15) is 0 Å². The summed E-state index contributed by atoms with van der Waals surface area (Å²) < 4.78 is 10.7. The molecule has 0 bridgehead atoms. The smallest absolute Gasteiger partial charge is 0.372 e. The number of halogens is 1. The molecule has 1 fully saturated rings. The zero-order valence-electron chi connectivity index (χ0n) is 17.6. The normalized spacial score (nSPS) is 19.1. The molecule has 0 N–H and O–H groups in total. The Morgan fingerprint density at radius 2 is 1.63 bits per heavy atom. The number of carbonyl (C=O) groups excluding carboxylic acids is 2. The van der Waals surface area contributed by atoms with Gasteiger partial charge in [0.1, 0.15) is 5.75 Å². The minimum atomic E-state index is -0.568. The quantitative estimate of drug-likeness (QED) is 0.335. The van der Waals surface area contributed by atoms with Crippen LogP contribution in [-0.2, 0) is 19.2 Å². The summed E-state index contributed by atoms with van der Waals surface area (Å²) in [5, 5.41) is 4.59. The lowest BCUT2D eigenvalue weighted by molar-refractivity contribution is -0.146. The summed E-state index contributed by atoms with van der Waals surface area (Å²) in [6, 6.07) is 6.82. The highest BCUT2D eigenvalue weighted by molar-refractivity contribution is 6.30. The standard InChI is InChI=1S/C23H32ClNO5/c24-19-11-9-14-21(17-19)29-18-23(27)30-25-20-12-7-5-3-1-2-4-6-8-15-22(26)28-16-10-13-20/h9,11,14,17H,1-8,10,12-13,15-16,18H2/b25-20+. The highest BCUT2D eigenvalue weighted by atomic mass is 35.5. The SMILES string of the molecule is O=C1CCCCCCCCCC/C(=N\OC(=O)COc2cccc(Cl)c2)CCCO1. The molecule has 0 unspecified atom stereocenters. The largest absolute Gasteiger partial charge is 0.482 e. The second kappa shape index (κ2) is 14.8.